The molecular formula is C14H16N2O2. The number of nitrogens with two attached hydrogens (primary N) is 1. The average Bonchev–Trinajstić information content (AvgIpc) is 2.37. The molecule has 4 heteroatoms. The van der Waals surface area contributed by atoms with Crippen LogP contribution in [-0.2, 0) is 4.74 Å². The van der Waals surface area contributed by atoms with Crippen molar-refractivity contribution >= 4 is 16.7 Å². The molecule has 0 spiro atoms. The van der Waals surface area contributed by atoms with Crippen molar-refractivity contribution in [1.82, 2.24) is 4.98 Å². The number of fused-ring (bicyclic) bond motifs is 1. The minimum atomic E-state index is -0.307. The molecule has 1 aromatic heterocycles. The van der Waals surface area contributed by atoms with Gasteiger partial charge in [0.2, 0.25) is 0 Å². The zero-order valence-corrected chi connectivity index (χ0v) is 10.5. The summed E-state index contributed by atoms with van der Waals surface area (Å²) in [5.41, 5.74) is 7.25. The highest BCUT2D eigenvalue weighted by Gasteiger charge is 2.10. The molecule has 0 saturated heterocycles. The molecule has 1 heterocycles. The third kappa shape index (κ3) is 2.33. The van der Waals surface area contributed by atoms with Crippen LogP contribution >= 0.6 is 0 Å². The number of esters is 1. The van der Waals surface area contributed by atoms with E-state index in [1.165, 1.54) is 0 Å². The topological polar surface area (TPSA) is 65.2 Å². The number of hydrogen-bond acceptors (Lipinski definition) is 4. The van der Waals surface area contributed by atoms with Gasteiger partial charge >= 0.3 is 5.97 Å². The van der Waals surface area contributed by atoms with Crippen LogP contribution in [0.15, 0.2) is 30.5 Å². The fraction of sp³-hybridized carbons (Fsp3) is 0.286. The Morgan fingerprint density at radius 2 is 2.22 bits per heavy atom. The van der Waals surface area contributed by atoms with Crippen molar-refractivity contribution in [2.24, 2.45) is 5.73 Å². The van der Waals surface area contributed by atoms with E-state index in [1.54, 1.807) is 25.3 Å². The van der Waals surface area contributed by atoms with E-state index in [2.05, 4.69) is 4.98 Å². The van der Waals surface area contributed by atoms with Gasteiger partial charge in [0, 0.05) is 17.6 Å². The molecule has 0 amide bonds. The number of rotatable bonds is 3. The van der Waals surface area contributed by atoms with Crippen molar-refractivity contribution in [3.05, 3.63) is 41.7 Å². The van der Waals surface area contributed by atoms with Gasteiger partial charge in [-0.25, -0.2) is 4.79 Å². The van der Waals surface area contributed by atoms with E-state index < -0.39 is 0 Å². The molecule has 1 atom stereocenters. The van der Waals surface area contributed by atoms with Gasteiger partial charge in [0.15, 0.2) is 0 Å². The zero-order chi connectivity index (χ0) is 13.1. The number of pyridine rings is 1. The van der Waals surface area contributed by atoms with Crippen molar-refractivity contribution in [3.8, 4) is 0 Å². The first-order valence-corrected chi connectivity index (χ1v) is 5.95. The minimum Gasteiger partial charge on any atom is -0.462 e. The third-order valence-electron chi connectivity index (χ3n) is 2.74. The van der Waals surface area contributed by atoms with Crippen LogP contribution in [0.5, 0.6) is 0 Å². The van der Waals surface area contributed by atoms with E-state index in [1.807, 2.05) is 19.1 Å². The van der Waals surface area contributed by atoms with Crippen LogP contribution in [-0.4, -0.2) is 17.6 Å². The quantitative estimate of drug-likeness (QED) is 0.842. The van der Waals surface area contributed by atoms with E-state index >= 15 is 0 Å². The molecule has 2 N–H and O–H groups in total. The van der Waals surface area contributed by atoms with Crippen molar-refractivity contribution < 1.29 is 9.53 Å². The van der Waals surface area contributed by atoms with Gasteiger partial charge in [0.1, 0.15) is 0 Å². The van der Waals surface area contributed by atoms with E-state index in [9.17, 15) is 4.79 Å². The summed E-state index contributed by atoms with van der Waals surface area (Å²) in [5, 5.41) is 1.92. The Morgan fingerprint density at radius 3 is 2.89 bits per heavy atom. The summed E-state index contributed by atoms with van der Waals surface area (Å²) < 4.78 is 4.98. The molecule has 0 aliphatic carbocycles. The average molecular weight is 244 g/mol. The minimum absolute atomic E-state index is 0.137. The van der Waals surface area contributed by atoms with Crippen LogP contribution in [0.25, 0.3) is 10.8 Å². The van der Waals surface area contributed by atoms with Gasteiger partial charge in [0.05, 0.1) is 17.9 Å². The summed E-state index contributed by atoms with van der Waals surface area (Å²) in [5.74, 6) is -0.307. The van der Waals surface area contributed by atoms with Gasteiger partial charge in [-0.05, 0) is 37.4 Å². The molecule has 0 bridgehead atoms. The van der Waals surface area contributed by atoms with E-state index in [0.717, 1.165) is 16.5 Å². The molecule has 94 valence electrons. The van der Waals surface area contributed by atoms with Crippen molar-refractivity contribution in [3.63, 3.8) is 0 Å². The highest BCUT2D eigenvalue weighted by Crippen LogP contribution is 2.22. The number of carbonyl (C=O) groups excluding carboxylic acids is 1. The van der Waals surface area contributed by atoms with Gasteiger partial charge in [-0.2, -0.15) is 0 Å². The molecule has 1 unspecified atom stereocenters. The van der Waals surface area contributed by atoms with E-state index in [4.69, 9.17) is 10.5 Å². The first kappa shape index (κ1) is 12.5. The summed E-state index contributed by atoms with van der Waals surface area (Å²) in [4.78, 5) is 15.9. The molecule has 0 aliphatic heterocycles. The maximum atomic E-state index is 11.6. The second kappa shape index (κ2) is 5.14. The molecule has 1 aromatic carbocycles. The van der Waals surface area contributed by atoms with Crippen LogP contribution in [0.1, 0.15) is 35.9 Å². The van der Waals surface area contributed by atoms with Crippen LogP contribution in [0.2, 0.25) is 0 Å². The molecule has 4 nitrogen and oxygen atoms in total. The lowest BCUT2D eigenvalue weighted by atomic mass is 10.0. The molecule has 18 heavy (non-hydrogen) atoms. The fourth-order valence-electron chi connectivity index (χ4n) is 1.91. The normalized spacial score (nSPS) is 12.4. The molecule has 0 saturated carbocycles. The summed E-state index contributed by atoms with van der Waals surface area (Å²) in [6, 6.07) is 7.15. The number of hydrogen-bond donors (Lipinski definition) is 1. The molecule has 0 aliphatic rings. The first-order chi connectivity index (χ1) is 8.63. The molecule has 0 fully saturated rings. The molecule has 2 rings (SSSR count). The predicted molar refractivity (Wildman–Crippen MR) is 70.3 cm³/mol. The third-order valence-corrected chi connectivity index (χ3v) is 2.74. The standard InChI is InChI=1S/C14H16N2O2/c1-3-18-14(17)11-4-5-12-10(8-11)6-7-16-13(12)9(2)15/h4-9H,3,15H2,1-2H3. The summed E-state index contributed by atoms with van der Waals surface area (Å²) in [7, 11) is 0. The second-order valence-electron chi connectivity index (χ2n) is 4.14. The SMILES string of the molecule is CCOC(=O)c1ccc2c(C(C)N)nccc2c1. The van der Waals surface area contributed by atoms with Gasteiger partial charge in [-0.3, -0.25) is 4.98 Å². The van der Waals surface area contributed by atoms with Gasteiger partial charge < -0.3 is 10.5 Å². The maximum absolute atomic E-state index is 11.6. The second-order valence-corrected chi connectivity index (χ2v) is 4.14. The Balaban J connectivity index is 2.50. The van der Waals surface area contributed by atoms with Gasteiger partial charge in [0.25, 0.3) is 0 Å². The molecule has 0 radical (unpaired) electrons. The Morgan fingerprint density at radius 1 is 1.44 bits per heavy atom. The van der Waals surface area contributed by atoms with E-state index in [-0.39, 0.29) is 12.0 Å². The van der Waals surface area contributed by atoms with Crippen LogP contribution in [0, 0.1) is 0 Å². The summed E-state index contributed by atoms with van der Waals surface area (Å²) in [6.07, 6.45) is 1.70. The smallest absolute Gasteiger partial charge is 0.338 e. The first-order valence-electron chi connectivity index (χ1n) is 5.95. The fourth-order valence-corrected chi connectivity index (χ4v) is 1.91. The Labute approximate surface area is 106 Å². The Bertz CT molecular complexity index is 579. The van der Waals surface area contributed by atoms with E-state index in [0.29, 0.717) is 12.2 Å². The summed E-state index contributed by atoms with van der Waals surface area (Å²) in [6.45, 7) is 4.05. The Hall–Kier alpha value is -1.94. The van der Waals surface area contributed by atoms with Crippen LogP contribution in [0.3, 0.4) is 0 Å². The van der Waals surface area contributed by atoms with Crippen LogP contribution in [0.4, 0.5) is 0 Å². The van der Waals surface area contributed by atoms with Crippen molar-refractivity contribution in [2.75, 3.05) is 6.61 Å². The predicted octanol–water partition coefficient (Wildman–Crippen LogP) is 2.43. The number of ether oxygens (including phenoxy) is 1. The lowest BCUT2D eigenvalue weighted by Gasteiger charge is -2.09. The largest absolute Gasteiger partial charge is 0.462 e. The monoisotopic (exact) mass is 244 g/mol. The van der Waals surface area contributed by atoms with Gasteiger partial charge in [-0.15, -0.1) is 0 Å². The highest BCUT2D eigenvalue weighted by atomic mass is 16.5. The summed E-state index contributed by atoms with van der Waals surface area (Å²) >= 11 is 0. The number of aromatic nitrogens is 1. The van der Waals surface area contributed by atoms with Crippen molar-refractivity contribution in [1.29, 1.82) is 0 Å². The highest BCUT2D eigenvalue weighted by molar-refractivity contribution is 5.96. The van der Waals surface area contributed by atoms with Gasteiger partial charge in [-0.1, -0.05) is 6.07 Å². The lowest BCUT2D eigenvalue weighted by molar-refractivity contribution is 0.0526. The van der Waals surface area contributed by atoms with Crippen molar-refractivity contribution in [2.45, 2.75) is 19.9 Å². The zero-order valence-electron chi connectivity index (χ0n) is 10.5. The number of benzene rings is 1. The molecular weight excluding hydrogens is 228 g/mol. The molecule has 2 aromatic rings. The Kier molecular flexibility index (Phi) is 3.58. The number of carbonyl (C=O) groups is 1. The lowest BCUT2D eigenvalue weighted by Crippen LogP contribution is -2.08. The maximum Gasteiger partial charge on any atom is 0.338 e. The number of nitrogens with zero attached hydrogens (tertiary/aromatic N) is 1. The van der Waals surface area contributed by atoms with Crippen LogP contribution < -0.4 is 5.73 Å².